The summed E-state index contributed by atoms with van der Waals surface area (Å²) in [4.78, 5) is 30.5. The smallest absolute Gasteiger partial charge is 0.254 e. The first-order valence-corrected chi connectivity index (χ1v) is 11.0. The van der Waals surface area contributed by atoms with Crippen molar-refractivity contribution in [2.75, 3.05) is 47.5 Å². The highest BCUT2D eigenvalue weighted by atomic mass is 16.5. The van der Waals surface area contributed by atoms with Gasteiger partial charge in [0.1, 0.15) is 17.2 Å². The Morgan fingerprint density at radius 1 is 0.844 bits per heavy atom. The number of likely N-dealkylation sites (tertiary alicyclic amines) is 2. The summed E-state index contributed by atoms with van der Waals surface area (Å²) in [5.74, 6) is 1.53. The second-order valence-corrected chi connectivity index (χ2v) is 8.30. The first-order valence-electron chi connectivity index (χ1n) is 11.0. The average molecular weight is 439 g/mol. The van der Waals surface area contributed by atoms with E-state index in [1.54, 1.807) is 44.4 Å². The fourth-order valence-electron chi connectivity index (χ4n) is 4.77. The van der Waals surface area contributed by atoms with Crippen LogP contribution >= 0.6 is 0 Å². The lowest BCUT2D eigenvalue weighted by Gasteiger charge is -2.25. The molecule has 2 aromatic rings. The van der Waals surface area contributed by atoms with Gasteiger partial charge in [-0.2, -0.15) is 0 Å². The Kier molecular flexibility index (Phi) is 6.53. The Morgan fingerprint density at radius 2 is 1.56 bits per heavy atom. The molecule has 0 saturated carbocycles. The molecular formula is C25H30N2O5. The highest BCUT2D eigenvalue weighted by molar-refractivity contribution is 5.95. The zero-order chi connectivity index (χ0) is 22.7. The minimum atomic E-state index is -0.330. The Hall–Kier alpha value is -3.22. The molecule has 0 spiro atoms. The van der Waals surface area contributed by atoms with Crippen molar-refractivity contribution >= 4 is 11.8 Å². The maximum atomic E-state index is 13.5. The second-order valence-electron chi connectivity index (χ2n) is 8.30. The Balaban J connectivity index is 1.68. The largest absolute Gasteiger partial charge is 0.497 e. The lowest BCUT2D eigenvalue weighted by Crippen LogP contribution is -2.37. The number of nitrogens with zero attached hydrogens (tertiary/aromatic N) is 2. The molecule has 0 aliphatic carbocycles. The van der Waals surface area contributed by atoms with Crippen LogP contribution in [0.1, 0.15) is 34.7 Å². The van der Waals surface area contributed by atoms with E-state index >= 15 is 0 Å². The third-order valence-electron chi connectivity index (χ3n) is 6.50. The molecule has 0 radical (unpaired) electrons. The topological polar surface area (TPSA) is 68.3 Å². The number of benzene rings is 2. The van der Waals surface area contributed by atoms with Crippen molar-refractivity contribution in [2.45, 2.75) is 18.8 Å². The minimum Gasteiger partial charge on any atom is -0.497 e. The lowest BCUT2D eigenvalue weighted by atomic mass is 9.87. The van der Waals surface area contributed by atoms with E-state index in [1.807, 2.05) is 29.2 Å². The molecule has 2 aliphatic rings. The van der Waals surface area contributed by atoms with Gasteiger partial charge in [-0.3, -0.25) is 9.59 Å². The van der Waals surface area contributed by atoms with E-state index < -0.39 is 0 Å². The van der Waals surface area contributed by atoms with E-state index in [2.05, 4.69) is 0 Å². The van der Waals surface area contributed by atoms with Crippen molar-refractivity contribution in [1.82, 2.24) is 9.80 Å². The van der Waals surface area contributed by atoms with E-state index in [4.69, 9.17) is 14.2 Å². The summed E-state index contributed by atoms with van der Waals surface area (Å²) >= 11 is 0. The van der Waals surface area contributed by atoms with Crippen LogP contribution in [0.3, 0.4) is 0 Å². The third-order valence-corrected chi connectivity index (χ3v) is 6.50. The van der Waals surface area contributed by atoms with E-state index in [1.165, 1.54) is 0 Å². The summed E-state index contributed by atoms with van der Waals surface area (Å²) in [6.07, 6.45) is 2.05. The van der Waals surface area contributed by atoms with Gasteiger partial charge >= 0.3 is 0 Å². The zero-order valence-electron chi connectivity index (χ0n) is 18.9. The van der Waals surface area contributed by atoms with E-state index in [0.717, 1.165) is 31.5 Å². The molecule has 2 saturated heterocycles. The Labute approximate surface area is 188 Å². The maximum absolute atomic E-state index is 13.5. The number of carbonyl (C=O) groups excluding carboxylic acids is 2. The standard InChI is InChI=1S/C25H30N2O5/c1-30-18-8-6-7-17(13-18)24(28)27-15-21(20-14-19(31-2)9-10-23(20)32-3)22(16-27)25(29)26-11-4-5-12-26/h6-10,13-14,21-22H,4-5,11-12,15-16H2,1-3H3. The van der Waals surface area contributed by atoms with Crippen LogP contribution in [-0.2, 0) is 4.79 Å². The molecule has 0 N–H and O–H groups in total. The van der Waals surface area contributed by atoms with Gasteiger partial charge in [-0.15, -0.1) is 0 Å². The van der Waals surface area contributed by atoms with Gasteiger partial charge in [-0.05, 0) is 49.2 Å². The Morgan fingerprint density at radius 3 is 2.25 bits per heavy atom. The van der Waals surface area contributed by atoms with Gasteiger partial charge in [0.05, 0.1) is 27.2 Å². The highest BCUT2D eigenvalue weighted by Gasteiger charge is 2.43. The van der Waals surface area contributed by atoms with Crippen LogP contribution in [0.2, 0.25) is 0 Å². The summed E-state index contributed by atoms with van der Waals surface area (Å²) in [7, 11) is 4.82. The number of amides is 2. The predicted molar refractivity (Wildman–Crippen MR) is 120 cm³/mol. The van der Waals surface area contributed by atoms with E-state index in [9.17, 15) is 9.59 Å². The molecule has 2 aromatic carbocycles. The minimum absolute atomic E-state index is 0.104. The lowest BCUT2D eigenvalue weighted by molar-refractivity contribution is -0.134. The summed E-state index contributed by atoms with van der Waals surface area (Å²) < 4.78 is 16.3. The van der Waals surface area contributed by atoms with Gasteiger partial charge in [-0.1, -0.05) is 6.07 Å². The predicted octanol–water partition coefficient (Wildman–Crippen LogP) is 3.19. The molecule has 2 unspecified atom stereocenters. The van der Waals surface area contributed by atoms with Crippen LogP contribution in [0.4, 0.5) is 0 Å². The monoisotopic (exact) mass is 438 g/mol. The van der Waals surface area contributed by atoms with Gasteiger partial charge in [0.15, 0.2) is 0 Å². The molecule has 32 heavy (non-hydrogen) atoms. The van der Waals surface area contributed by atoms with Gasteiger partial charge in [0.2, 0.25) is 5.91 Å². The average Bonchev–Trinajstić information content (AvgIpc) is 3.53. The van der Waals surface area contributed by atoms with Crippen molar-refractivity contribution in [3.05, 3.63) is 53.6 Å². The summed E-state index contributed by atoms with van der Waals surface area (Å²) in [6.45, 7) is 2.36. The van der Waals surface area contributed by atoms with Gasteiger partial charge < -0.3 is 24.0 Å². The molecule has 2 amide bonds. The molecule has 0 aromatic heterocycles. The SMILES string of the molecule is COc1cccc(C(=O)N2CC(C(=O)N3CCCC3)C(c3cc(OC)ccc3OC)C2)c1. The van der Waals surface area contributed by atoms with Crippen LogP contribution in [-0.4, -0.2) is 69.1 Å². The molecule has 0 bridgehead atoms. The van der Waals surface area contributed by atoms with Gasteiger partial charge in [-0.25, -0.2) is 0 Å². The van der Waals surface area contributed by atoms with Crippen molar-refractivity contribution in [1.29, 1.82) is 0 Å². The quantitative estimate of drug-likeness (QED) is 0.693. The number of ether oxygens (including phenoxy) is 3. The molecule has 170 valence electrons. The second kappa shape index (κ2) is 9.51. The van der Waals surface area contributed by atoms with Crippen LogP contribution in [0, 0.1) is 5.92 Å². The molecule has 2 fully saturated rings. The Bertz CT molecular complexity index is 986. The van der Waals surface area contributed by atoms with Crippen LogP contribution < -0.4 is 14.2 Å². The van der Waals surface area contributed by atoms with Gasteiger partial charge in [0, 0.05) is 43.2 Å². The number of carbonyl (C=O) groups is 2. The van der Waals surface area contributed by atoms with Crippen molar-refractivity contribution in [3.63, 3.8) is 0 Å². The molecule has 2 aliphatic heterocycles. The normalized spacial score (nSPS) is 20.3. The number of hydrogen-bond acceptors (Lipinski definition) is 5. The maximum Gasteiger partial charge on any atom is 0.254 e. The molecular weight excluding hydrogens is 408 g/mol. The highest BCUT2D eigenvalue weighted by Crippen LogP contribution is 2.41. The van der Waals surface area contributed by atoms with E-state index in [-0.39, 0.29) is 23.7 Å². The third kappa shape index (κ3) is 4.24. The van der Waals surface area contributed by atoms with Crippen molar-refractivity contribution < 1.29 is 23.8 Å². The summed E-state index contributed by atoms with van der Waals surface area (Å²) in [6, 6.07) is 12.8. The molecule has 7 heteroatoms. The summed E-state index contributed by atoms with van der Waals surface area (Å²) in [5, 5.41) is 0. The van der Waals surface area contributed by atoms with Crippen LogP contribution in [0.15, 0.2) is 42.5 Å². The molecule has 2 atom stereocenters. The van der Waals surface area contributed by atoms with Crippen LogP contribution in [0.5, 0.6) is 17.2 Å². The zero-order valence-corrected chi connectivity index (χ0v) is 18.9. The molecule has 2 heterocycles. The molecule has 4 rings (SSSR count). The fraction of sp³-hybridized carbons (Fsp3) is 0.440. The van der Waals surface area contributed by atoms with Crippen molar-refractivity contribution in [2.24, 2.45) is 5.92 Å². The van der Waals surface area contributed by atoms with Crippen LogP contribution in [0.25, 0.3) is 0 Å². The van der Waals surface area contributed by atoms with Crippen molar-refractivity contribution in [3.8, 4) is 17.2 Å². The number of rotatable bonds is 6. The van der Waals surface area contributed by atoms with E-state index in [0.29, 0.717) is 35.9 Å². The number of methoxy groups -OCH3 is 3. The fourth-order valence-corrected chi connectivity index (χ4v) is 4.77. The molecule has 7 nitrogen and oxygen atoms in total. The first-order chi connectivity index (χ1) is 15.5. The van der Waals surface area contributed by atoms with Gasteiger partial charge in [0.25, 0.3) is 5.91 Å². The number of hydrogen-bond donors (Lipinski definition) is 0. The summed E-state index contributed by atoms with van der Waals surface area (Å²) in [5.41, 5.74) is 1.44. The first kappa shape index (κ1) is 22.0.